The number of rotatable bonds is 5. The predicted octanol–water partition coefficient (Wildman–Crippen LogP) is 0.755. The zero-order valence-electron chi connectivity index (χ0n) is 17.7. The van der Waals surface area contributed by atoms with Gasteiger partial charge in [-0.15, -0.1) is 11.3 Å². The summed E-state index contributed by atoms with van der Waals surface area (Å²) in [6, 6.07) is 8.39. The number of aliphatic hydroxyl groups is 1. The Labute approximate surface area is 186 Å². The number of amides is 1. The molecule has 3 fully saturated rings. The highest BCUT2D eigenvalue weighted by atomic mass is 32.1. The van der Waals surface area contributed by atoms with Crippen LogP contribution >= 0.6 is 11.3 Å². The topological polar surface area (TPSA) is 102 Å². The first-order valence-electron chi connectivity index (χ1n) is 11.4. The van der Waals surface area contributed by atoms with E-state index in [9.17, 15) is 9.90 Å². The lowest BCUT2D eigenvalue weighted by Crippen LogP contribution is -2.71. The minimum Gasteiger partial charge on any atom is -0.396 e. The van der Waals surface area contributed by atoms with Crippen molar-refractivity contribution in [2.45, 2.75) is 50.1 Å². The molecule has 0 spiro atoms. The number of nitrogens with one attached hydrogen (secondary N) is 4. The Morgan fingerprint density at radius 3 is 2.81 bits per heavy atom. The summed E-state index contributed by atoms with van der Waals surface area (Å²) in [6.45, 7) is 3.95. The minimum absolute atomic E-state index is 0.0216. The van der Waals surface area contributed by atoms with Crippen molar-refractivity contribution < 1.29 is 9.90 Å². The first-order chi connectivity index (χ1) is 15.2. The molecule has 8 nitrogen and oxygen atoms in total. The van der Waals surface area contributed by atoms with Crippen LogP contribution < -0.4 is 21.3 Å². The van der Waals surface area contributed by atoms with Gasteiger partial charge in [0.25, 0.3) is 0 Å². The average Bonchev–Trinajstić information content (AvgIpc) is 3.23. The summed E-state index contributed by atoms with van der Waals surface area (Å²) in [6.07, 6.45) is 3.77. The van der Waals surface area contributed by atoms with E-state index in [2.05, 4.69) is 32.2 Å². The fraction of sp³-hybridized carbons (Fsp3) is 0.636. The van der Waals surface area contributed by atoms with Crippen LogP contribution in [0.15, 0.2) is 24.3 Å². The smallest absolute Gasteiger partial charge is 0.235 e. The molecule has 3 aliphatic heterocycles. The van der Waals surface area contributed by atoms with Crippen molar-refractivity contribution in [1.29, 1.82) is 0 Å². The zero-order valence-corrected chi connectivity index (χ0v) is 18.5. The van der Waals surface area contributed by atoms with Crippen LogP contribution in [0.25, 0.3) is 10.2 Å². The monoisotopic (exact) mass is 444 g/mol. The number of thiazole rings is 1. The third-order valence-electron chi connectivity index (χ3n) is 6.79. The Kier molecular flexibility index (Phi) is 6.49. The molecule has 9 heteroatoms. The molecular weight excluding hydrogens is 412 g/mol. The second-order valence-electron chi connectivity index (χ2n) is 8.92. The minimum atomic E-state index is -0.370. The van der Waals surface area contributed by atoms with Gasteiger partial charge in [0, 0.05) is 32.3 Å². The molecule has 4 heterocycles. The molecule has 1 aromatic carbocycles. The van der Waals surface area contributed by atoms with Gasteiger partial charge in [0.1, 0.15) is 17.2 Å². The molecule has 31 heavy (non-hydrogen) atoms. The number of hydrogen-bond donors (Lipinski definition) is 5. The summed E-state index contributed by atoms with van der Waals surface area (Å²) in [5.74, 6) is 0.0205. The van der Waals surface area contributed by atoms with E-state index in [1.54, 1.807) is 11.3 Å². The van der Waals surface area contributed by atoms with E-state index in [0.717, 1.165) is 67.1 Å². The SMILES string of the molecule is O=C1NC(N2CCC(CO)CC2)NC(N[C@@H]2CCCNC2)C1c1nc2ccccc2s1. The molecule has 1 aromatic heterocycles. The highest BCUT2D eigenvalue weighted by Crippen LogP contribution is 2.31. The first-order valence-corrected chi connectivity index (χ1v) is 12.3. The summed E-state index contributed by atoms with van der Waals surface area (Å²) in [5.41, 5.74) is 0.946. The van der Waals surface area contributed by atoms with Crippen LogP contribution in [-0.2, 0) is 4.79 Å². The Balaban J connectivity index is 1.37. The van der Waals surface area contributed by atoms with E-state index in [1.807, 2.05) is 18.2 Å². The van der Waals surface area contributed by atoms with Crippen LogP contribution in [-0.4, -0.2) is 72.2 Å². The lowest BCUT2D eigenvalue weighted by Gasteiger charge is -2.45. The van der Waals surface area contributed by atoms with Crippen molar-refractivity contribution in [3.8, 4) is 0 Å². The molecule has 2 aromatic rings. The van der Waals surface area contributed by atoms with Crippen molar-refractivity contribution in [2.24, 2.45) is 5.92 Å². The zero-order chi connectivity index (χ0) is 21.2. The summed E-state index contributed by atoms with van der Waals surface area (Å²) in [4.78, 5) is 20.5. The van der Waals surface area contributed by atoms with Gasteiger partial charge < -0.3 is 15.7 Å². The van der Waals surface area contributed by atoms with E-state index in [-0.39, 0.29) is 30.9 Å². The van der Waals surface area contributed by atoms with Gasteiger partial charge in [0.15, 0.2) is 0 Å². The van der Waals surface area contributed by atoms with Gasteiger partial charge in [0.05, 0.1) is 16.4 Å². The van der Waals surface area contributed by atoms with Crippen LogP contribution in [0.5, 0.6) is 0 Å². The molecule has 1 amide bonds. The number of fused-ring (bicyclic) bond motifs is 1. The largest absolute Gasteiger partial charge is 0.396 e. The number of aromatic nitrogens is 1. The second-order valence-corrected chi connectivity index (χ2v) is 9.99. The number of piperidine rings is 2. The molecule has 0 aliphatic carbocycles. The maximum absolute atomic E-state index is 13.4. The van der Waals surface area contributed by atoms with E-state index >= 15 is 0 Å². The van der Waals surface area contributed by atoms with E-state index in [0.29, 0.717) is 12.0 Å². The number of carbonyl (C=O) groups is 1. The lowest BCUT2D eigenvalue weighted by atomic mass is 9.97. The maximum atomic E-state index is 13.4. The number of nitrogens with zero attached hydrogens (tertiary/aromatic N) is 2. The van der Waals surface area contributed by atoms with Crippen molar-refractivity contribution in [3.63, 3.8) is 0 Å². The molecule has 3 unspecified atom stereocenters. The Hall–Kier alpha value is -1.62. The average molecular weight is 445 g/mol. The Morgan fingerprint density at radius 1 is 1.23 bits per heavy atom. The van der Waals surface area contributed by atoms with Crippen molar-refractivity contribution in [1.82, 2.24) is 31.2 Å². The fourth-order valence-electron chi connectivity index (χ4n) is 4.94. The number of likely N-dealkylation sites (tertiary alicyclic amines) is 1. The van der Waals surface area contributed by atoms with Crippen LogP contribution in [0.2, 0.25) is 0 Å². The van der Waals surface area contributed by atoms with Gasteiger partial charge in [-0.25, -0.2) is 4.98 Å². The second kappa shape index (κ2) is 9.48. The number of carbonyl (C=O) groups excluding carboxylic acids is 1. The Morgan fingerprint density at radius 2 is 2.06 bits per heavy atom. The van der Waals surface area contributed by atoms with Gasteiger partial charge in [0.2, 0.25) is 5.91 Å². The third-order valence-corrected chi connectivity index (χ3v) is 7.91. The fourth-order valence-corrected chi connectivity index (χ4v) is 6.05. The van der Waals surface area contributed by atoms with Gasteiger partial charge in [-0.05, 0) is 50.3 Å². The first kappa shape index (κ1) is 21.2. The number of para-hydroxylation sites is 1. The van der Waals surface area contributed by atoms with Crippen LogP contribution in [0.3, 0.4) is 0 Å². The van der Waals surface area contributed by atoms with Crippen LogP contribution in [0, 0.1) is 5.92 Å². The third kappa shape index (κ3) is 4.62. The highest BCUT2D eigenvalue weighted by Gasteiger charge is 2.42. The van der Waals surface area contributed by atoms with Gasteiger partial charge in [-0.1, -0.05) is 12.1 Å². The lowest BCUT2D eigenvalue weighted by molar-refractivity contribution is -0.130. The van der Waals surface area contributed by atoms with Gasteiger partial charge >= 0.3 is 0 Å². The van der Waals surface area contributed by atoms with Crippen molar-refractivity contribution >= 4 is 27.5 Å². The molecule has 3 aliphatic rings. The summed E-state index contributed by atoms with van der Waals surface area (Å²) in [5, 5.41) is 24.4. The Bertz CT molecular complexity index is 860. The van der Waals surface area contributed by atoms with Gasteiger partial charge in [-0.3, -0.25) is 20.3 Å². The van der Waals surface area contributed by atoms with Crippen molar-refractivity contribution in [3.05, 3.63) is 29.3 Å². The molecule has 168 valence electrons. The quantitative estimate of drug-likeness (QED) is 0.464. The summed E-state index contributed by atoms with van der Waals surface area (Å²) in [7, 11) is 0. The molecule has 5 N–H and O–H groups in total. The standard InChI is InChI=1S/C22H32N6O2S/c29-13-14-7-10-28(11-8-14)22-26-19(24-15-4-3-9-23-12-15)18(20(30)27-22)21-25-16-5-1-2-6-17(16)31-21/h1-2,5-6,14-15,18-19,22-24,26,29H,3-4,7-13H2,(H,27,30)/t15-,18?,19?,22?/m1/s1. The number of hydrogen-bond acceptors (Lipinski definition) is 8. The van der Waals surface area contributed by atoms with E-state index in [1.165, 1.54) is 0 Å². The molecule has 5 rings (SSSR count). The summed E-state index contributed by atoms with van der Waals surface area (Å²) < 4.78 is 1.11. The molecule has 3 saturated heterocycles. The molecular formula is C22H32N6O2S. The maximum Gasteiger partial charge on any atom is 0.235 e. The van der Waals surface area contributed by atoms with Gasteiger partial charge in [-0.2, -0.15) is 0 Å². The molecule has 4 atom stereocenters. The van der Waals surface area contributed by atoms with Crippen LogP contribution in [0.4, 0.5) is 0 Å². The number of aliphatic hydroxyl groups excluding tert-OH is 1. The molecule has 0 radical (unpaired) electrons. The van der Waals surface area contributed by atoms with Crippen LogP contribution in [0.1, 0.15) is 36.6 Å². The summed E-state index contributed by atoms with van der Waals surface area (Å²) >= 11 is 1.60. The van der Waals surface area contributed by atoms with E-state index < -0.39 is 0 Å². The van der Waals surface area contributed by atoms with E-state index in [4.69, 9.17) is 4.98 Å². The molecule has 0 saturated carbocycles. The molecule has 0 bridgehead atoms. The number of benzene rings is 1. The van der Waals surface area contributed by atoms with Crippen molar-refractivity contribution in [2.75, 3.05) is 32.8 Å². The normalized spacial score (nSPS) is 31.1. The highest BCUT2D eigenvalue weighted by molar-refractivity contribution is 7.18. The predicted molar refractivity (Wildman–Crippen MR) is 122 cm³/mol.